The van der Waals surface area contributed by atoms with Crippen LogP contribution in [0.1, 0.15) is 43.1 Å². The second kappa shape index (κ2) is 5.98. The molecule has 0 aliphatic heterocycles. The summed E-state index contributed by atoms with van der Waals surface area (Å²) in [5.74, 6) is -0.653. The first-order chi connectivity index (χ1) is 9.53. The van der Waals surface area contributed by atoms with Crippen LogP contribution in [-0.2, 0) is 4.79 Å². The fourth-order valence-electron chi connectivity index (χ4n) is 2.54. The highest BCUT2D eigenvalue weighted by atomic mass is 16.4. The summed E-state index contributed by atoms with van der Waals surface area (Å²) in [7, 11) is 0. The first-order valence-electron chi connectivity index (χ1n) is 6.81. The van der Waals surface area contributed by atoms with E-state index in [0.717, 1.165) is 12.8 Å². The van der Waals surface area contributed by atoms with E-state index in [1.807, 2.05) is 0 Å². The SMILES string of the molecule is CC1CCC(CNC(=O)c2cnccn2)(C(=O)O)CC1. The van der Waals surface area contributed by atoms with Crippen LogP contribution in [0.15, 0.2) is 18.6 Å². The fourth-order valence-corrected chi connectivity index (χ4v) is 2.54. The molecule has 0 spiro atoms. The molecule has 1 aromatic heterocycles. The molecule has 0 radical (unpaired) electrons. The summed E-state index contributed by atoms with van der Waals surface area (Å²) in [5.41, 5.74) is -0.637. The van der Waals surface area contributed by atoms with E-state index in [1.165, 1.54) is 18.6 Å². The van der Waals surface area contributed by atoms with Crippen molar-refractivity contribution in [3.63, 3.8) is 0 Å². The normalized spacial score (nSPS) is 25.9. The monoisotopic (exact) mass is 277 g/mol. The van der Waals surface area contributed by atoms with Gasteiger partial charge in [0.05, 0.1) is 11.6 Å². The van der Waals surface area contributed by atoms with Crippen LogP contribution >= 0.6 is 0 Å². The highest BCUT2D eigenvalue weighted by Crippen LogP contribution is 2.38. The number of hydrogen-bond acceptors (Lipinski definition) is 4. The molecule has 1 saturated carbocycles. The number of rotatable bonds is 4. The lowest BCUT2D eigenvalue weighted by atomic mass is 9.71. The number of aliphatic carboxylic acids is 1. The Morgan fingerprint density at radius 3 is 2.65 bits per heavy atom. The third-order valence-electron chi connectivity index (χ3n) is 4.07. The maximum Gasteiger partial charge on any atom is 0.311 e. The fraction of sp³-hybridized carbons (Fsp3) is 0.571. The van der Waals surface area contributed by atoms with E-state index in [-0.39, 0.29) is 18.1 Å². The number of carbonyl (C=O) groups is 2. The summed E-state index contributed by atoms with van der Waals surface area (Å²) >= 11 is 0. The molecule has 0 aromatic carbocycles. The minimum atomic E-state index is -0.843. The summed E-state index contributed by atoms with van der Waals surface area (Å²) in [6.45, 7) is 2.27. The standard InChI is InChI=1S/C14H19N3O3/c1-10-2-4-14(5-3-10,13(19)20)9-17-12(18)11-8-15-6-7-16-11/h6-8,10H,2-5,9H2,1H3,(H,17,18)(H,19,20). The topological polar surface area (TPSA) is 92.2 Å². The van der Waals surface area contributed by atoms with Gasteiger partial charge in [0.15, 0.2) is 0 Å². The molecule has 6 nitrogen and oxygen atoms in total. The predicted octanol–water partition coefficient (Wildman–Crippen LogP) is 1.49. The van der Waals surface area contributed by atoms with Gasteiger partial charge >= 0.3 is 5.97 Å². The Bertz CT molecular complexity index is 482. The molecule has 1 aliphatic carbocycles. The van der Waals surface area contributed by atoms with Crippen molar-refractivity contribution >= 4 is 11.9 Å². The van der Waals surface area contributed by atoms with Gasteiger partial charge in [0.1, 0.15) is 5.69 Å². The van der Waals surface area contributed by atoms with Crippen molar-refractivity contribution in [1.29, 1.82) is 0 Å². The van der Waals surface area contributed by atoms with E-state index < -0.39 is 11.4 Å². The Balaban J connectivity index is 2.00. The molecule has 0 bridgehead atoms. The lowest BCUT2D eigenvalue weighted by molar-refractivity contribution is -0.151. The van der Waals surface area contributed by atoms with E-state index in [4.69, 9.17) is 0 Å². The van der Waals surface area contributed by atoms with Crippen molar-refractivity contribution in [3.05, 3.63) is 24.3 Å². The molecule has 1 heterocycles. The van der Waals surface area contributed by atoms with Crippen molar-refractivity contribution in [2.24, 2.45) is 11.3 Å². The van der Waals surface area contributed by atoms with Gasteiger partial charge in [0.2, 0.25) is 0 Å². The van der Waals surface area contributed by atoms with E-state index >= 15 is 0 Å². The molecular weight excluding hydrogens is 258 g/mol. The number of carboxylic acid groups (broad SMARTS) is 1. The van der Waals surface area contributed by atoms with Crippen molar-refractivity contribution in [2.75, 3.05) is 6.54 Å². The number of carbonyl (C=O) groups excluding carboxylic acids is 1. The maximum absolute atomic E-state index is 11.9. The van der Waals surface area contributed by atoms with Gasteiger partial charge in [0, 0.05) is 18.9 Å². The van der Waals surface area contributed by atoms with Crippen LogP contribution in [0.4, 0.5) is 0 Å². The molecule has 1 amide bonds. The van der Waals surface area contributed by atoms with Crippen molar-refractivity contribution < 1.29 is 14.7 Å². The average molecular weight is 277 g/mol. The Kier molecular flexibility index (Phi) is 4.32. The number of nitrogens with zero attached hydrogens (tertiary/aromatic N) is 2. The van der Waals surface area contributed by atoms with E-state index in [2.05, 4.69) is 22.2 Å². The molecule has 108 valence electrons. The predicted molar refractivity (Wildman–Crippen MR) is 72.1 cm³/mol. The molecule has 20 heavy (non-hydrogen) atoms. The highest BCUT2D eigenvalue weighted by Gasteiger charge is 2.41. The van der Waals surface area contributed by atoms with Gasteiger partial charge in [0.25, 0.3) is 5.91 Å². The first kappa shape index (κ1) is 14.4. The lowest BCUT2D eigenvalue weighted by Crippen LogP contribution is -2.45. The molecule has 1 aromatic rings. The Labute approximate surface area is 117 Å². The van der Waals surface area contributed by atoms with Crippen LogP contribution in [0.5, 0.6) is 0 Å². The van der Waals surface area contributed by atoms with Gasteiger partial charge in [-0.15, -0.1) is 0 Å². The third-order valence-corrected chi connectivity index (χ3v) is 4.07. The number of aromatic nitrogens is 2. The van der Waals surface area contributed by atoms with E-state index in [0.29, 0.717) is 18.8 Å². The maximum atomic E-state index is 11.9. The van der Waals surface area contributed by atoms with Crippen LogP contribution < -0.4 is 5.32 Å². The summed E-state index contributed by atoms with van der Waals surface area (Å²) in [6.07, 6.45) is 7.25. The van der Waals surface area contributed by atoms with Crippen molar-refractivity contribution in [1.82, 2.24) is 15.3 Å². The summed E-state index contributed by atoms with van der Waals surface area (Å²) in [6, 6.07) is 0. The smallest absolute Gasteiger partial charge is 0.311 e. The number of carboxylic acids is 1. The molecule has 1 aliphatic rings. The van der Waals surface area contributed by atoms with Crippen molar-refractivity contribution in [2.45, 2.75) is 32.6 Å². The van der Waals surface area contributed by atoms with Gasteiger partial charge in [-0.1, -0.05) is 6.92 Å². The Morgan fingerprint density at radius 2 is 2.10 bits per heavy atom. The highest BCUT2D eigenvalue weighted by molar-refractivity contribution is 5.92. The lowest BCUT2D eigenvalue weighted by Gasteiger charge is -2.35. The molecule has 0 unspecified atom stereocenters. The molecule has 0 atom stereocenters. The molecule has 2 rings (SSSR count). The van der Waals surface area contributed by atoms with Gasteiger partial charge in [-0.25, -0.2) is 4.98 Å². The first-order valence-corrected chi connectivity index (χ1v) is 6.81. The van der Waals surface area contributed by atoms with Gasteiger partial charge < -0.3 is 10.4 Å². The zero-order chi connectivity index (χ0) is 14.6. The molecule has 1 fully saturated rings. The molecule has 2 N–H and O–H groups in total. The van der Waals surface area contributed by atoms with Crippen molar-refractivity contribution in [3.8, 4) is 0 Å². The van der Waals surface area contributed by atoms with Crippen LogP contribution in [0.3, 0.4) is 0 Å². The van der Waals surface area contributed by atoms with Crippen LogP contribution in [0, 0.1) is 11.3 Å². The third kappa shape index (κ3) is 3.12. The second-order valence-corrected chi connectivity index (χ2v) is 5.54. The summed E-state index contributed by atoms with van der Waals surface area (Å²) in [4.78, 5) is 31.2. The van der Waals surface area contributed by atoms with Crippen LogP contribution in [0.25, 0.3) is 0 Å². The van der Waals surface area contributed by atoms with Gasteiger partial charge in [-0.3, -0.25) is 14.6 Å². The Hall–Kier alpha value is -1.98. The quantitative estimate of drug-likeness (QED) is 0.869. The number of nitrogens with one attached hydrogen (secondary N) is 1. The molecule has 6 heteroatoms. The number of hydrogen-bond donors (Lipinski definition) is 2. The largest absolute Gasteiger partial charge is 0.481 e. The Morgan fingerprint density at radius 1 is 1.40 bits per heavy atom. The second-order valence-electron chi connectivity index (χ2n) is 5.54. The average Bonchev–Trinajstić information content (AvgIpc) is 2.47. The minimum Gasteiger partial charge on any atom is -0.481 e. The van der Waals surface area contributed by atoms with Crippen LogP contribution in [0.2, 0.25) is 0 Å². The van der Waals surface area contributed by atoms with E-state index in [9.17, 15) is 14.7 Å². The van der Waals surface area contributed by atoms with Crippen LogP contribution in [-0.4, -0.2) is 33.5 Å². The molecule has 0 saturated heterocycles. The zero-order valence-electron chi connectivity index (χ0n) is 11.5. The van der Waals surface area contributed by atoms with Gasteiger partial charge in [-0.2, -0.15) is 0 Å². The minimum absolute atomic E-state index is 0.143. The molecular formula is C14H19N3O3. The number of amides is 1. The summed E-state index contributed by atoms with van der Waals surface area (Å²) in [5, 5.41) is 12.2. The van der Waals surface area contributed by atoms with Gasteiger partial charge in [-0.05, 0) is 31.6 Å². The van der Waals surface area contributed by atoms with E-state index in [1.54, 1.807) is 0 Å². The summed E-state index contributed by atoms with van der Waals surface area (Å²) < 4.78 is 0. The zero-order valence-corrected chi connectivity index (χ0v) is 11.5.